The summed E-state index contributed by atoms with van der Waals surface area (Å²) in [5, 5.41) is 18.6. The van der Waals surface area contributed by atoms with Crippen LogP contribution >= 0.6 is 0 Å². The van der Waals surface area contributed by atoms with E-state index < -0.39 is 70.4 Å². The Morgan fingerprint density at radius 1 is 0.714 bits per heavy atom. The van der Waals surface area contributed by atoms with Gasteiger partial charge < -0.3 is 33.1 Å². The van der Waals surface area contributed by atoms with Crippen LogP contribution in [0, 0.1) is 0 Å². The predicted octanol–water partition coefficient (Wildman–Crippen LogP) is -2.63. The molecule has 0 aliphatic carbocycles. The van der Waals surface area contributed by atoms with Crippen LogP contribution in [0.3, 0.4) is 0 Å². The molecule has 1 aromatic rings. The lowest BCUT2D eigenvalue weighted by Gasteiger charge is -2.25. The maximum absolute atomic E-state index is 12.7. The second kappa shape index (κ2) is 7.94. The summed E-state index contributed by atoms with van der Waals surface area (Å²) >= 11 is 0. The maximum atomic E-state index is 12.7. The van der Waals surface area contributed by atoms with E-state index in [0.29, 0.717) is 0 Å². The molecule has 150 valence electrons. The van der Waals surface area contributed by atoms with Gasteiger partial charge in [0.05, 0.1) is 12.8 Å². The minimum Gasteiger partial charge on any atom is -0.480 e. The fraction of sp³-hybridized carbons (Fsp3) is 0.250. The van der Waals surface area contributed by atoms with Gasteiger partial charge in [0.2, 0.25) is 11.8 Å². The zero-order valence-corrected chi connectivity index (χ0v) is 14.4. The molecular formula is C16H18N4O8. The first-order chi connectivity index (χ1) is 12.8. The lowest BCUT2D eigenvalue weighted by Crippen LogP contribution is -2.59. The lowest BCUT2D eigenvalue weighted by molar-refractivity contribution is -0.143. The Hall–Kier alpha value is -3.64. The van der Waals surface area contributed by atoms with E-state index in [9.17, 15) is 39.0 Å². The quantitative estimate of drug-likeness (QED) is 0.178. The monoisotopic (exact) mass is 394 g/mol. The number of carbonyl (C=O) groups is 6. The molecule has 0 bridgehead atoms. The lowest BCUT2D eigenvalue weighted by atomic mass is 9.80. The first kappa shape index (κ1) is 22.4. The van der Waals surface area contributed by atoms with E-state index in [-0.39, 0.29) is 0 Å². The molecule has 10 N–H and O–H groups in total. The zero-order valence-electron chi connectivity index (χ0n) is 14.4. The van der Waals surface area contributed by atoms with Crippen LogP contribution < -0.4 is 22.9 Å². The summed E-state index contributed by atoms with van der Waals surface area (Å²) < 4.78 is 0. The van der Waals surface area contributed by atoms with Crippen molar-refractivity contribution in [2.24, 2.45) is 22.9 Å². The topological polar surface area (TPSA) is 247 Å². The molecule has 2 amide bonds. The number of carbonyl (C=O) groups excluding carboxylic acids is 4. The summed E-state index contributed by atoms with van der Waals surface area (Å²) in [7, 11) is 0. The van der Waals surface area contributed by atoms with Crippen LogP contribution in [0.1, 0.15) is 33.6 Å². The standard InChI is InChI=1S/C16H18N4O8/c17-9(21)5-15(19,13(25)26)11(23)7-3-1-2-4-8(7)12(24)16(20,14(27)28)6-10(18)22/h1-4H,5-6,19-20H2,(H2,17,21)(H2,18,22)(H,25,26)(H,27,28)/t15-,16-/m1/s1. The molecule has 28 heavy (non-hydrogen) atoms. The third-order valence-electron chi connectivity index (χ3n) is 3.90. The van der Waals surface area contributed by atoms with Crippen molar-refractivity contribution >= 4 is 35.3 Å². The molecule has 0 aliphatic heterocycles. The number of hydrogen-bond donors (Lipinski definition) is 6. The molecule has 0 unspecified atom stereocenters. The van der Waals surface area contributed by atoms with Crippen molar-refractivity contribution in [3.8, 4) is 0 Å². The molecule has 0 aromatic heterocycles. The van der Waals surface area contributed by atoms with Crippen molar-refractivity contribution in [3.05, 3.63) is 35.4 Å². The fourth-order valence-corrected chi connectivity index (χ4v) is 2.42. The Balaban J connectivity index is 3.60. The number of rotatable bonds is 10. The number of primary amides is 2. The van der Waals surface area contributed by atoms with E-state index >= 15 is 0 Å². The van der Waals surface area contributed by atoms with Gasteiger partial charge in [-0.15, -0.1) is 0 Å². The maximum Gasteiger partial charge on any atom is 0.332 e. The van der Waals surface area contributed by atoms with Crippen LogP contribution in [-0.2, 0) is 19.2 Å². The molecule has 0 radical (unpaired) electrons. The van der Waals surface area contributed by atoms with Gasteiger partial charge in [-0.1, -0.05) is 24.3 Å². The van der Waals surface area contributed by atoms with Gasteiger partial charge in [-0.3, -0.25) is 19.2 Å². The number of carboxylic acid groups (broad SMARTS) is 2. The van der Waals surface area contributed by atoms with E-state index in [4.69, 9.17) is 22.9 Å². The number of hydrogen-bond acceptors (Lipinski definition) is 8. The van der Waals surface area contributed by atoms with E-state index in [0.717, 1.165) is 12.1 Å². The highest BCUT2D eigenvalue weighted by Gasteiger charge is 2.48. The first-order valence-corrected chi connectivity index (χ1v) is 7.57. The van der Waals surface area contributed by atoms with Gasteiger partial charge in [0, 0.05) is 11.1 Å². The SMILES string of the molecule is NC(=O)C[C@](N)(C(=O)O)C(=O)c1ccccc1C(=O)[C@](N)(CC(N)=O)C(=O)O. The van der Waals surface area contributed by atoms with Gasteiger partial charge in [-0.05, 0) is 0 Å². The number of nitrogens with two attached hydrogens (primary N) is 4. The fourth-order valence-electron chi connectivity index (χ4n) is 2.42. The number of benzene rings is 1. The van der Waals surface area contributed by atoms with Gasteiger partial charge in [0.1, 0.15) is 0 Å². The third-order valence-corrected chi connectivity index (χ3v) is 3.90. The van der Waals surface area contributed by atoms with Gasteiger partial charge in [0.25, 0.3) is 0 Å². The van der Waals surface area contributed by atoms with Crippen molar-refractivity contribution < 1.29 is 39.0 Å². The Morgan fingerprint density at radius 3 is 1.21 bits per heavy atom. The van der Waals surface area contributed by atoms with Crippen LogP contribution in [0.2, 0.25) is 0 Å². The molecule has 0 saturated heterocycles. The number of aliphatic carboxylic acids is 2. The number of Topliss-reactive ketones (excluding diaryl/α,β-unsaturated/α-hetero) is 2. The molecule has 12 nitrogen and oxygen atoms in total. The first-order valence-electron chi connectivity index (χ1n) is 7.57. The molecule has 0 aliphatic rings. The molecular weight excluding hydrogens is 376 g/mol. The van der Waals surface area contributed by atoms with Gasteiger partial charge in [0.15, 0.2) is 22.6 Å². The molecule has 1 rings (SSSR count). The average Bonchev–Trinajstić information content (AvgIpc) is 2.58. The molecule has 0 fully saturated rings. The van der Waals surface area contributed by atoms with E-state index in [1.807, 2.05) is 0 Å². The van der Waals surface area contributed by atoms with Crippen LogP contribution in [0.4, 0.5) is 0 Å². The highest BCUT2D eigenvalue weighted by molar-refractivity contribution is 6.25. The second-order valence-electron chi connectivity index (χ2n) is 6.04. The van der Waals surface area contributed by atoms with E-state index in [1.54, 1.807) is 0 Å². The molecule has 0 saturated carbocycles. The summed E-state index contributed by atoms with van der Waals surface area (Å²) in [5.74, 6) is -8.95. The van der Waals surface area contributed by atoms with Crippen molar-refractivity contribution in [3.63, 3.8) is 0 Å². The summed E-state index contributed by atoms with van der Waals surface area (Å²) in [6.45, 7) is 0. The number of ketones is 2. The van der Waals surface area contributed by atoms with E-state index in [1.165, 1.54) is 12.1 Å². The summed E-state index contributed by atoms with van der Waals surface area (Å²) in [6.07, 6.45) is -2.17. The highest BCUT2D eigenvalue weighted by Crippen LogP contribution is 2.23. The Bertz CT molecular complexity index is 812. The third kappa shape index (κ3) is 4.19. The molecule has 2 atom stereocenters. The second-order valence-corrected chi connectivity index (χ2v) is 6.04. The van der Waals surface area contributed by atoms with Crippen molar-refractivity contribution in [1.29, 1.82) is 0 Å². The number of amides is 2. The van der Waals surface area contributed by atoms with Crippen molar-refractivity contribution in [1.82, 2.24) is 0 Å². The Kier molecular flexibility index (Phi) is 6.35. The number of carboxylic acids is 2. The van der Waals surface area contributed by atoms with Crippen LogP contribution in [0.15, 0.2) is 24.3 Å². The minimum atomic E-state index is -2.81. The Labute approximate surface area is 157 Å². The molecule has 12 heteroatoms. The summed E-state index contributed by atoms with van der Waals surface area (Å²) in [4.78, 5) is 70.8. The largest absolute Gasteiger partial charge is 0.480 e. The van der Waals surface area contributed by atoms with Crippen LogP contribution in [0.5, 0.6) is 0 Å². The van der Waals surface area contributed by atoms with Gasteiger partial charge in [-0.2, -0.15) is 0 Å². The van der Waals surface area contributed by atoms with Crippen molar-refractivity contribution in [2.45, 2.75) is 23.9 Å². The normalized spacial score (nSPS) is 14.9. The average molecular weight is 394 g/mol. The van der Waals surface area contributed by atoms with Gasteiger partial charge in [-0.25, -0.2) is 9.59 Å². The minimum absolute atomic E-state index is 0.612. The van der Waals surface area contributed by atoms with Crippen molar-refractivity contribution in [2.75, 3.05) is 0 Å². The molecule has 0 heterocycles. The summed E-state index contributed by atoms with van der Waals surface area (Å²) in [5.41, 5.74) is 14.1. The van der Waals surface area contributed by atoms with E-state index in [2.05, 4.69) is 0 Å². The van der Waals surface area contributed by atoms with Crippen LogP contribution in [0.25, 0.3) is 0 Å². The highest BCUT2D eigenvalue weighted by atomic mass is 16.4. The zero-order chi connectivity index (χ0) is 21.9. The van der Waals surface area contributed by atoms with Gasteiger partial charge >= 0.3 is 11.9 Å². The summed E-state index contributed by atoms with van der Waals surface area (Å²) in [6, 6.07) is 4.47. The van der Waals surface area contributed by atoms with Crippen LogP contribution in [-0.4, -0.2) is 56.6 Å². The molecule has 1 aromatic carbocycles. The smallest absolute Gasteiger partial charge is 0.332 e. The molecule has 0 spiro atoms. The predicted molar refractivity (Wildman–Crippen MR) is 91.8 cm³/mol. The Morgan fingerprint density at radius 2 is 1.00 bits per heavy atom.